The van der Waals surface area contributed by atoms with Crippen LogP contribution in [0.4, 0.5) is 0 Å². The fraction of sp³-hybridized carbons (Fsp3) is 0.667. The minimum Gasteiger partial charge on any atom is -0.194 e. The van der Waals surface area contributed by atoms with Gasteiger partial charge in [0.05, 0.1) is 5.75 Å². The molecule has 0 aliphatic rings. The second kappa shape index (κ2) is 3.66. The highest BCUT2D eigenvalue weighted by atomic mass is 32.1. The first-order chi connectivity index (χ1) is 2.77. The van der Waals surface area contributed by atoms with Gasteiger partial charge in [0.15, 0.2) is 0 Å². The lowest BCUT2D eigenvalue weighted by molar-refractivity contribution is 0.648. The lowest BCUT2D eigenvalue weighted by atomic mass is 11.0. The van der Waals surface area contributed by atoms with Crippen molar-refractivity contribution in [2.75, 3.05) is 12.4 Å². The Morgan fingerprint density at radius 3 is 2.50 bits per heavy atom. The van der Waals surface area contributed by atoms with E-state index in [9.17, 15) is 0 Å². The highest BCUT2D eigenvalue weighted by Crippen LogP contribution is 2.04. The summed E-state index contributed by atoms with van der Waals surface area (Å²) in [5.74, 6) is 2.46. The van der Waals surface area contributed by atoms with Crippen LogP contribution in [0.1, 0.15) is 0 Å². The van der Waals surface area contributed by atoms with Crippen LogP contribution in [0.3, 0.4) is 0 Å². The summed E-state index contributed by atoms with van der Waals surface area (Å²) in [6.07, 6.45) is 0. The third kappa shape index (κ3) is 4.48. The molecule has 0 saturated heterocycles. The van der Waals surface area contributed by atoms with Gasteiger partial charge in [0, 0.05) is 0 Å². The first-order valence-electron chi connectivity index (χ1n) is 1.63. The molecule has 0 radical (unpaired) electrons. The first-order valence-corrected chi connectivity index (χ1v) is 4.07. The van der Waals surface area contributed by atoms with E-state index in [1.165, 1.54) is 0 Å². The Labute approximate surface area is 44.3 Å². The molecule has 0 fully saturated rings. The minimum atomic E-state index is -0.802. The maximum atomic E-state index is 8.51. The van der Waals surface area contributed by atoms with Gasteiger partial charge >= 0.3 is 0 Å². The van der Waals surface area contributed by atoms with Gasteiger partial charge < -0.3 is 0 Å². The summed E-state index contributed by atoms with van der Waals surface area (Å²) in [5.41, 5.74) is 0. The summed E-state index contributed by atoms with van der Waals surface area (Å²) in [4.78, 5) is 8.51. The van der Waals surface area contributed by atoms with Gasteiger partial charge in [0.25, 0.3) is 0 Å². The Bertz CT molecular complexity index is 57.8. The predicted molar refractivity (Wildman–Crippen MR) is 35.0 cm³/mol. The van der Waals surface area contributed by atoms with Crippen molar-refractivity contribution in [1.82, 2.24) is 0 Å². The van der Waals surface area contributed by atoms with Crippen molar-refractivity contribution in [2.45, 2.75) is 0 Å². The van der Waals surface area contributed by atoms with Gasteiger partial charge in [-0.15, -0.1) is 0 Å². The highest BCUT2D eigenvalue weighted by molar-refractivity contribution is 7.81. The van der Waals surface area contributed by atoms with Crippen molar-refractivity contribution in [3.8, 4) is 0 Å². The summed E-state index contributed by atoms with van der Waals surface area (Å²) >= 11 is 3.86. The quantitative estimate of drug-likeness (QED) is 0.389. The van der Waals surface area contributed by atoms with E-state index in [1.807, 2.05) is 0 Å². The normalized spacial score (nSPS) is 12.2. The van der Waals surface area contributed by atoms with E-state index in [0.717, 1.165) is 0 Å². The number of rotatable bonds is 1. The molecular formula is C3H8OPS+. The molecule has 1 nitrogen and oxygen atoms in total. The van der Waals surface area contributed by atoms with Crippen LogP contribution in [-0.2, 0) is 0 Å². The average molecular weight is 123 g/mol. The lowest BCUT2D eigenvalue weighted by Gasteiger charge is -1.64. The van der Waals surface area contributed by atoms with Gasteiger partial charge in [-0.3, -0.25) is 0 Å². The lowest BCUT2D eigenvalue weighted by Crippen LogP contribution is -1.68. The minimum absolute atomic E-state index is 0.679. The zero-order valence-corrected chi connectivity index (χ0v) is 5.41. The van der Waals surface area contributed by atoms with Crippen molar-refractivity contribution < 1.29 is 4.89 Å². The molecule has 0 amide bonds. The van der Waals surface area contributed by atoms with E-state index >= 15 is 0 Å². The van der Waals surface area contributed by atoms with Crippen LogP contribution >= 0.6 is 20.4 Å². The smallest absolute Gasteiger partial charge is 0.194 e. The third-order valence-corrected chi connectivity index (χ3v) is 1.53. The van der Waals surface area contributed by atoms with Crippen LogP contribution in [0.5, 0.6) is 0 Å². The van der Waals surface area contributed by atoms with Crippen molar-refractivity contribution in [2.24, 2.45) is 0 Å². The number of hydrogen-bond acceptors (Lipinski definition) is 2. The predicted octanol–water partition coefficient (Wildman–Crippen LogP) is 0.737. The van der Waals surface area contributed by atoms with E-state index in [4.69, 9.17) is 4.89 Å². The van der Waals surface area contributed by atoms with Gasteiger partial charge in [-0.05, 0) is 0 Å². The van der Waals surface area contributed by atoms with Crippen molar-refractivity contribution in [3.05, 3.63) is 0 Å². The molecule has 0 aliphatic heterocycles. The summed E-state index contributed by atoms with van der Waals surface area (Å²) in [6, 6.07) is 0. The number of thiol groups is 1. The Balaban J connectivity index is 3.14. The molecule has 0 spiro atoms. The molecule has 1 atom stereocenters. The molecule has 0 bridgehead atoms. The van der Waals surface area contributed by atoms with E-state index in [2.05, 4.69) is 12.6 Å². The highest BCUT2D eigenvalue weighted by Gasteiger charge is 1.85. The van der Waals surface area contributed by atoms with Crippen LogP contribution < -0.4 is 0 Å². The Hall–Kier alpha value is 0.480. The Morgan fingerprint density at radius 1 is 2.00 bits per heavy atom. The molecule has 3 heteroatoms. The summed E-state index contributed by atoms with van der Waals surface area (Å²) in [5, 5.41) is 0. The van der Waals surface area contributed by atoms with Crippen LogP contribution in [0, 0.1) is 0 Å². The maximum Gasteiger partial charge on any atom is 0.244 e. The molecule has 0 aliphatic carbocycles. The molecule has 36 valence electrons. The summed E-state index contributed by atoms with van der Waals surface area (Å²) in [6.45, 7) is 1.77. The van der Waals surface area contributed by atoms with Gasteiger partial charge in [-0.2, -0.15) is 17.5 Å². The monoisotopic (exact) mass is 123 g/mol. The Kier molecular flexibility index (Phi) is 3.96. The van der Waals surface area contributed by atoms with E-state index in [1.54, 1.807) is 12.5 Å². The van der Waals surface area contributed by atoms with Crippen LogP contribution in [0.2, 0.25) is 0 Å². The fourth-order valence-electron chi connectivity index (χ4n) is 0.118. The molecule has 0 aromatic carbocycles. The third-order valence-electron chi connectivity index (χ3n) is 0.346. The van der Waals surface area contributed by atoms with Gasteiger partial charge in [0.2, 0.25) is 7.77 Å². The summed E-state index contributed by atoms with van der Waals surface area (Å²) in [7, 11) is -0.802. The van der Waals surface area contributed by atoms with Crippen LogP contribution in [0.15, 0.2) is 0 Å². The van der Waals surface area contributed by atoms with Crippen molar-refractivity contribution in [1.29, 1.82) is 0 Å². The van der Waals surface area contributed by atoms with Gasteiger partial charge in [0.1, 0.15) is 12.5 Å². The van der Waals surface area contributed by atoms with Crippen molar-refractivity contribution in [3.63, 3.8) is 0 Å². The topological polar surface area (TPSA) is 20.2 Å². The second-order valence-corrected chi connectivity index (χ2v) is 2.82. The second-order valence-electron chi connectivity index (χ2n) is 0.939. The molecule has 0 rings (SSSR count). The molecule has 0 heterocycles. The number of hydrogen-bond donors (Lipinski definition) is 2. The largest absolute Gasteiger partial charge is 0.244 e. The van der Waals surface area contributed by atoms with Gasteiger partial charge in [-0.25, -0.2) is 0 Å². The molecule has 0 saturated carbocycles. The molecule has 0 aromatic rings. The summed E-state index contributed by atoms with van der Waals surface area (Å²) < 4.78 is 0. The fourth-order valence-corrected chi connectivity index (χ4v) is 1.06. The zero-order valence-electron chi connectivity index (χ0n) is 3.63. The van der Waals surface area contributed by atoms with E-state index in [-0.39, 0.29) is 0 Å². The average Bonchev–Trinajstić information content (AvgIpc) is 1.35. The van der Waals surface area contributed by atoms with Crippen LogP contribution in [0.25, 0.3) is 0 Å². The van der Waals surface area contributed by atoms with Crippen LogP contribution in [-0.4, -0.2) is 23.1 Å². The Morgan fingerprint density at radius 2 is 2.50 bits per heavy atom. The van der Waals surface area contributed by atoms with E-state index in [0.29, 0.717) is 5.75 Å². The van der Waals surface area contributed by atoms with Gasteiger partial charge in [-0.1, -0.05) is 0 Å². The molecule has 6 heavy (non-hydrogen) atoms. The standard InChI is InChI=1S/C3H7OPS/c1-5(4)2-3-6/h2H,3H2,1H3,(H-,4,6)/p+1. The first kappa shape index (κ1) is 6.48. The van der Waals surface area contributed by atoms with Crippen molar-refractivity contribution >= 4 is 26.2 Å². The molecular weight excluding hydrogens is 115 g/mol. The molecule has 0 aromatic heterocycles. The maximum absolute atomic E-state index is 8.51. The molecule has 1 N–H and O–H groups in total. The van der Waals surface area contributed by atoms with E-state index < -0.39 is 7.77 Å². The molecule has 1 unspecified atom stereocenters. The zero-order chi connectivity index (χ0) is 4.99. The SMILES string of the molecule is C[P+](O)=CCS.